The predicted molar refractivity (Wildman–Crippen MR) is 85.5 cm³/mol. The fraction of sp³-hybridized carbons (Fsp3) is 0.375. The van der Waals surface area contributed by atoms with Crippen LogP contribution >= 0.6 is 11.3 Å². The third-order valence-electron chi connectivity index (χ3n) is 3.93. The standard InChI is InChI=1S/C16H19N3OS/c1-10-3-5-12(6-4-10)14-15(21-11(2)18-14)16(20)19-8-7-13(19)9-17/h3-6,13H,7-9,17H2,1-2H3. The Hall–Kier alpha value is -1.72. The maximum atomic E-state index is 12.7. The second-order valence-corrected chi connectivity index (χ2v) is 6.66. The van der Waals surface area contributed by atoms with Gasteiger partial charge in [0.1, 0.15) is 4.88 Å². The molecule has 1 unspecified atom stereocenters. The van der Waals surface area contributed by atoms with Crippen molar-refractivity contribution in [2.75, 3.05) is 13.1 Å². The zero-order valence-corrected chi connectivity index (χ0v) is 13.1. The number of amides is 1. The van der Waals surface area contributed by atoms with E-state index in [1.807, 2.05) is 43.0 Å². The molecule has 2 heterocycles. The summed E-state index contributed by atoms with van der Waals surface area (Å²) in [7, 11) is 0. The Balaban J connectivity index is 1.96. The van der Waals surface area contributed by atoms with Gasteiger partial charge in [0, 0.05) is 24.7 Å². The molecule has 4 nitrogen and oxygen atoms in total. The lowest BCUT2D eigenvalue weighted by Crippen LogP contribution is -2.54. The van der Waals surface area contributed by atoms with Crippen molar-refractivity contribution in [3.05, 3.63) is 39.7 Å². The smallest absolute Gasteiger partial charge is 0.266 e. The predicted octanol–water partition coefficient (Wildman–Crippen LogP) is 2.60. The van der Waals surface area contributed by atoms with Crippen molar-refractivity contribution < 1.29 is 4.79 Å². The first kappa shape index (κ1) is 14.2. The van der Waals surface area contributed by atoms with Crippen LogP contribution in [0.1, 0.15) is 26.7 Å². The van der Waals surface area contributed by atoms with Crippen molar-refractivity contribution in [1.82, 2.24) is 9.88 Å². The number of carbonyl (C=O) groups is 1. The molecule has 110 valence electrons. The zero-order chi connectivity index (χ0) is 15.0. The van der Waals surface area contributed by atoms with Crippen LogP contribution in [0.5, 0.6) is 0 Å². The molecule has 5 heteroatoms. The number of thiazole rings is 1. The van der Waals surface area contributed by atoms with Crippen LogP contribution in [-0.4, -0.2) is 34.9 Å². The minimum absolute atomic E-state index is 0.0675. The number of carbonyl (C=O) groups excluding carboxylic acids is 1. The fourth-order valence-corrected chi connectivity index (χ4v) is 3.46. The molecule has 0 aliphatic carbocycles. The van der Waals surface area contributed by atoms with Gasteiger partial charge in [-0.25, -0.2) is 4.98 Å². The quantitative estimate of drug-likeness (QED) is 0.948. The summed E-state index contributed by atoms with van der Waals surface area (Å²) in [5.74, 6) is 0.0675. The third kappa shape index (κ3) is 2.59. The maximum absolute atomic E-state index is 12.7. The van der Waals surface area contributed by atoms with E-state index in [0.29, 0.717) is 6.54 Å². The summed E-state index contributed by atoms with van der Waals surface area (Å²) in [4.78, 5) is 19.9. The number of aryl methyl sites for hydroxylation is 2. The molecule has 0 saturated carbocycles. The lowest BCUT2D eigenvalue weighted by molar-refractivity contribution is 0.0487. The van der Waals surface area contributed by atoms with Crippen molar-refractivity contribution in [2.24, 2.45) is 5.73 Å². The van der Waals surface area contributed by atoms with Gasteiger partial charge < -0.3 is 10.6 Å². The van der Waals surface area contributed by atoms with Gasteiger partial charge in [-0.15, -0.1) is 11.3 Å². The van der Waals surface area contributed by atoms with Crippen LogP contribution in [0.4, 0.5) is 0 Å². The van der Waals surface area contributed by atoms with Gasteiger partial charge in [0.15, 0.2) is 0 Å². The molecule has 21 heavy (non-hydrogen) atoms. The van der Waals surface area contributed by atoms with E-state index in [2.05, 4.69) is 4.98 Å². The second-order valence-electron chi connectivity index (χ2n) is 5.45. The molecule has 1 saturated heterocycles. The van der Waals surface area contributed by atoms with E-state index in [0.717, 1.165) is 34.1 Å². The van der Waals surface area contributed by atoms with Crippen LogP contribution in [0.2, 0.25) is 0 Å². The van der Waals surface area contributed by atoms with Gasteiger partial charge >= 0.3 is 0 Å². The Kier molecular flexibility index (Phi) is 3.78. The fourth-order valence-electron chi connectivity index (χ4n) is 2.56. The number of aromatic nitrogens is 1. The van der Waals surface area contributed by atoms with E-state index < -0.39 is 0 Å². The first-order chi connectivity index (χ1) is 10.1. The van der Waals surface area contributed by atoms with Gasteiger partial charge in [-0.3, -0.25) is 4.79 Å². The highest BCUT2D eigenvalue weighted by atomic mass is 32.1. The molecule has 0 radical (unpaired) electrons. The summed E-state index contributed by atoms with van der Waals surface area (Å²) in [5, 5.41) is 0.916. The average molecular weight is 301 g/mol. The highest BCUT2D eigenvalue weighted by Crippen LogP contribution is 2.31. The van der Waals surface area contributed by atoms with E-state index in [1.54, 1.807) is 0 Å². The molecule has 1 fully saturated rings. The Morgan fingerprint density at radius 2 is 2.10 bits per heavy atom. The number of hydrogen-bond donors (Lipinski definition) is 1. The summed E-state index contributed by atoms with van der Waals surface area (Å²) in [5.41, 5.74) is 8.70. The van der Waals surface area contributed by atoms with Gasteiger partial charge in [-0.1, -0.05) is 29.8 Å². The third-order valence-corrected chi connectivity index (χ3v) is 4.89. The first-order valence-corrected chi connectivity index (χ1v) is 7.97. The summed E-state index contributed by atoms with van der Waals surface area (Å²) >= 11 is 1.47. The van der Waals surface area contributed by atoms with Crippen LogP contribution < -0.4 is 5.73 Å². The van der Waals surface area contributed by atoms with Crippen LogP contribution in [0.3, 0.4) is 0 Å². The summed E-state index contributed by atoms with van der Waals surface area (Å²) < 4.78 is 0. The van der Waals surface area contributed by atoms with Crippen molar-refractivity contribution in [2.45, 2.75) is 26.3 Å². The lowest BCUT2D eigenvalue weighted by Gasteiger charge is -2.40. The summed E-state index contributed by atoms with van der Waals surface area (Å²) in [6.45, 7) is 5.32. The first-order valence-electron chi connectivity index (χ1n) is 7.15. The monoisotopic (exact) mass is 301 g/mol. The molecule has 1 aliphatic heterocycles. The molecule has 1 aliphatic rings. The van der Waals surface area contributed by atoms with Gasteiger partial charge in [0.05, 0.1) is 10.7 Å². The molecule has 1 aromatic heterocycles. The van der Waals surface area contributed by atoms with Gasteiger partial charge in [-0.2, -0.15) is 0 Å². The lowest BCUT2D eigenvalue weighted by atomic mass is 10.0. The molecular weight excluding hydrogens is 282 g/mol. The summed E-state index contributed by atoms with van der Waals surface area (Å²) in [6.07, 6.45) is 1.000. The van der Waals surface area contributed by atoms with E-state index >= 15 is 0 Å². The topological polar surface area (TPSA) is 59.2 Å². The Labute approximate surface area is 128 Å². The van der Waals surface area contributed by atoms with E-state index in [1.165, 1.54) is 16.9 Å². The van der Waals surface area contributed by atoms with Gasteiger partial charge in [0.25, 0.3) is 5.91 Å². The molecule has 1 atom stereocenters. The highest BCUT2D eigenvalue weighted by molar-refractivity contribution is 7.14. The van der Waals surface area contributed by atoms with Crippen molar-refractivity contribution in [3.63, 3.8) is 0 Å². The van der Waals surface area contributed by atoms with E-state index in [9.17, 15) is 4.79 Å². The minimum Gasteiger partial charge on any atom is -0.333 e. The molecule has 0 bridgehead atoms. The minimum atomic E-state index is 0.0675. The van der Waals surface area contributed by atoms with Crippen LogP contribution in [0.15, 0.2) is 24.3 Å². The van der Waals surface area contributed by atoms with Crippen LogP contribution in [0, 0.1) is 13.8 Å². The molecule has 2 N–H and O–H groups in total. The number of likely N-dealkylation sites (tertiary alicyclic amines) is 1. The largest absolute Gasteiger partial charge is 0.333 e. The zero-order valence-electron chi connectivity index (χ0n) is 12.3. The highest BCUT2D eigenvalue weighted by Gasteiger charge is 2.34. The Morgan fingerprint density at radius 1 is 1.38 bits per heavy atom. The number of nitrogens with two attached hydrogens (primary N) is 1. The number of rotatable bonds is 3. The second kappa shape index (κ2) is 5.58. The Bertz CT molecular complexity index is 661. The van der Waals surface area contributed by atoms with Crippen molar-refractivity contribution in [1.29, 1.82) is 0 Å². The maximum Gasteiger partial charge on any atom is 0.266 e. The molecular formula is C16H19N3OS. The Morgan fingerprint density at radius 3 is 2.67 bits per heavy atom. The molecule has 1 amide bonds. The van der Waals surface area contributed by atoms with Gasteiger partial charge in [0.2, 0.25) is 0 Å². The van der Waals surface area contributed by atoms with Crippen LogP contribution in [-0.2, 0) is 0 Å². The molecule has 1 aromatic carbocycles. The van der Waals surface area contributed by atoms with E-state index in [-0.39, 0.29) is 11.9 Å². The normalized spacial score (nSPS) is 17.7. The molecule has 0 spiro atoms. The van der Waals surface area contributed by atoms with Gasteiger partial charge in [-0.05, 0) is 20.3 Å². The van der Waals surface area contributed by atoms with Crippen molar-refractivity contribution >= 4 is 17.2 Å². The number of nitrogens with zero attached hydrogens (tertiary/aromatic N) is 2. The van der Waals surface area contributed by atoms with Crippen molar-refractivity contribution in [3.8, 4) is 11.3 Å². The number of hydrogen-bond acceptors (Lipinski definition) is 4. The molecule has 2 aromatic rings. The molecule has 3 rings (SSSR count). The number of benzene rings is 1. The average Bonchev–Trinajstić information content (AvgIpc) is 2.81. The van der Waals surface area contributed by atoms with E-state index in [4.69, 9.17) is 5.73 Å². The summed E-state index contributed by atoms with van der Waals surface area (Å²) in [6, 6.07) is 8.33. The van der Waals surface area contributed by atoms with Crippen LogP contribution in [0.25, 0.3) is 11.3 Å². The SMILES string of the molecule is Cc1ccc(-c2nc(C)sc2C(=O)N2CCC2CN)cc1.